The molecule has 9 heteroatoms. The molecule has 3 rings (SSSR count). The second-order valence-electron chi connectivity index (χ2n) is 8.40. The first-order valence-electron chi connectivity index (χ1n) is 11.1. The van der Waals surface area contributed by atoms with Crippen molar-refractivity contribution in [2.24, 2.45) is 0 Å². The van der Waals surface area contributed by atoms with Gasteiger partial charge in [-0.3, -0.25) is 9.59 Å². The monoisotopic (exact) mass is 472 g/mol. The van der Waals surface area contributed by atoms with Crippen molar-refractivity contribution in [3.8, 4) is 0 Å². The number of nitrogens with zero attached hydrogens (tertiary/aromatic N) is 3. The number of rotatable bonds is 9. The van der Waals surface area contributed by atoms with Crippen LogP contribution in [-0.2, 0) is 26.0 Å². The lowest BCUT2D eigenvalue weighted by atomic mass is 10.1. The average molecular weight is 473 g/mol. The molecule has 1 aliphatic rings. The van der Waals surface area contributed by atoms with Crippen LogP contribution < -0.4 is 5.32 Å². The summed E-state index contributed by atoms with van der Waals surface area (Å²) in [5.41, 5.74) is 1.91. The molecule has 0 bridgehead atoms. The molecule has 1 fully saturated rings. The Morgan fingerprint density at radius 3 is 2.15 bits per heavy atom. The predicted octanol–water partition coefficient (Wildman–Crippen LogP) is 2.04. The molecule has 178 valence electrons. The van der Waals surface area contributed by atoms with E-state index in [1.807, 2.05) is 38.4 Å². The van der Waals surface area contributed by atoms with E-state index < -0.39 is 10.0 Å². The third-order valence-electron chi connectivity index (χ3n) is 5.62. The zero-order valence-electron chi connectivity index (χ0n) is 19.2. The summed E-state index contributed by atoms with van der Waals surface area (Å²) in [4.78, 5) is 28.8. The van der Waals surface area contributed by atoms with Gasteiger partial charge in [-0.25, -0.2) is 8.42 Å². The number of benzene rings is 2. The highest BCUT2D eigenvalue weighted by atomic mass is 32.2. The van der Waals surface area contributed by atoms with Crippen LogP contribution in [0.1, 0.15) is 18.4 Å². The highest BCUT2D eigenvalue weighted by molar-refractivity contribution is 7.89. The van der Waals surface area contributed by atoms with Crippen LogP contribution in [0.25, 0.3) is 0 Å². The number of hydrogen-bond acceptors (Lipinski definition) is 5. The number of likely N-dealkylation sites (N-methyl/N-ethyl adjacent to an activating group) is 1. The lowest BCUT2D eigenvalue weighted by Gasteiger charge is -2.34. The van der Waals surface area contributed by atoms with Gasteiger partial charge in [-0.15, -0.1) is 0 Å². The molecule has 2 aromatic carbocycles. The SMILES string of the molecule is CN(C)CCc1ccc(NC(=O)CCC(=O)N2CCN(S(=O)(=O)c3ccccc3)CC2)cc1. The zero-order chi connectivity index (χ0) is 23.8. The van der Waals surface area contributed by atoms with Gasteiger partial charge in [-0.05, 0) is 50.3 Å². The van der Waals surface area contributed by atoms with Crippen LogP contribution in [0.15, 0.2) is 59.5 Å². The first kappa shape index (κ1) is 24.9. The molecule has 2 aromatic rings. The lowest BCUT2D eigenvalue weighted by molar-refractivity contribution is -0.133. The number of sulfonamides is 1. The van der Waals surface area contributed by atoms with Gasteiger partial charge in [0, 0.05) is 51.3 Å². The number of piperazine rings is 1. The van der Waals surface area contributed by atoms with Crippen LogP contribution >= 0.6 is 0 Å². The molecular formula is C24H32N4O4S. The van der Waals surface area contributed by atoms with Gasteiger partial charge in [-0.2, -0.15) is 4.31 Å². The van der Waals surface area contributed by atoms with Gasteiger partial charge < -0.3 is 15.1 Å². The van der Waals surface area contributed by atoms with E-state index in [4.69, 9.17) is 0 Å². The van der Waals surface area contributed by atoms with Gasteiger partial charge in [0.1, 0.15) is 0 Å². The smallest absolute Gasteiger partial charge is 0.243 e. The Morgan fingerprint density at radius 1 is 0.909 bits per heavy atom. The maximum atomic E-state index is 12.7. The molecular weight excluding hydrogens is 440 g/mol. The summed E-state index contributed by atoms with van der Waals surface area (Å²) < 4.78 is 26.8. The molecule has 0 saturated carbocycles. The Labute approximate surface area is 196 Å². The summed E-state index contributed by atoms with van der Waals surface area (Å²) in [7, 11) is 0.507. The molecule has 0 aromatic heterocycles. The standard InChI is InChI=1S/C24H32N4O4S/c1-26(2)15-14-20-8-10-21(11-9-20)25-23(29)12-13-24(30)27-16-18-28(19-17-27)33(31,32)22-6-4-3-5-7-22/h3-11H,12-19H2,1-2H3,(H,25,29). The second-order valence-corrected chi connectivity index (χ2v) is 10.3. The van der Waals surface area contributed by atoms with E-state index in [-0.39, 0.29) is 42.6 Å². The Hall–Kier alpha value is -2.75. The molecule has 0 radical (unpaired) electrons. The van der Waals surface area contributed by atoms with Gasteiger partial charge >= 0.3 is 0 Å². The number of amides is 2. The summed E-state index contributed by atoms with van der Waals surface area (Å²) in [6.07, 6.45) is 1.12. The quantitative estimate of drug-likeness (QED) is 0.603. The molecule has 0 aliphatic carbocycles. The summed E-state index contributed by atoms with van der Waals surface area (Å²) in [6, 6.07) is 16.0. The molecule has 0 unspecified atom stereocenters. The van der Waals surface area contributed by atoms with Crippen molar-refractivity contribution in [1.82, 2.24) is 14.1 Å². The molecule has 1 heterocycles. The largest absolute Gasteiger partial charge is 0.340 e. The Kier molecular flexibility index (Phi) is 8.60. The number of carbonyl (C=O) groups is 2. The normalized spacial score (nSPS) is 14.9. The van der Waals surface area contributed by atoms with Crippen molar-refractivity contribution in [3.05, 3.63) is 60.2 Å². The van der Waals surface area contributed by atoms with E-state index in [0.717, 1.165) is 13.0 Å². The van der Waals surface area contributed by atoms with Crippen molar-refractivity contribution >= 4 is 27.5 Å². The van der Waals surface area contributed by atoms with E-state index in [0.29, 0.717) is 18.8 Å². The van der Waals surface area contributed by atoms with Gasteiger partial charge in [0.2, 0.25) is 21.8 Å². The maximum Gasteiger partial charge on any atom is 0.243 e. The van der Waals surface area contributed by atoms with E-state index >= 15 is 0 Å². The van der Waals surface area contributed by atoms with Crippen LogP contribution in [0.5, 0.6) is 0 Å². The first-order valence-corrected chi connectivity index (χ1v) is 12.6. The Morgan fingerprint density at radius 2 is 1.55 bits per heavy atom. The number of anilines is 1. The van der Waals surface area contributed by atoms with Crippen molar-refractivity contribution in [2.75, 3.05) is 52.1 Å². The molecule has 33 heavy (non-hydrogen) atoms. The van der Waals surface area contributed by atoms with Gasteiger partial charge in [0.25, 0.3) is 0 Å². The Balaban J connectivity index is 1.42. The minimum absolute atomic E-state index is 0.0870. The molecule has 0 atom stereocenters. The van der Waals surface area contributed by atoms with Crippen molar-refractivity contribution in [2.45, 2.75) is 24.2 Å². The van der Waals surface area contributed by atoms with Crippen molar-refractivity contribution in [3.63, 3.8) is 0 Å². The highest BCUT2D eigenvalue weighted by Crippen LogP contribution is 2.18. The van der Waals surface area contributed by atoms with Gasteiger partial charge in [0.15, 0.2) is 0 Å². The summed E-state index contributed by atoms with van der Waals surface area (Å²) in [6.45, 7) is 2.09. The van der Waals surface area contributed by atoms with Crippen LogP contribution in [0.3, 0.4) is 0 Å². The zero-order valence-corrected chi connectivity index (χ0v) is 20.1. The molecule has 1 saturated heterocycles. The molecule has 2 amide bonds. The van der Waals surface area contributed by atoms with E-state index in [9.17, 15) is 18.0 Å². The summed E-state index contributed by atoms with van der Waals surface area (Å²) in [5, 5.41) is 2.83. The average Bonchev–Trinajstić information content (AvgIpc) is 2.82. The van der Waals surface area contributed by atoms with E-state index in [1.165, 1.54) is 9.87 Å². The topological polar surface area (TPSA) is 90.0 Å². The summed E-state index contributed by atoms with van der Waals surface area (Å²) >= 11 is 0. The predicted molar refractivity (Wildman–Crippen MR) is 128 cm³/mol. The minimum atomic E-state index is -3.55. The number of hydrogen-bond donors (Lipinski definition) is 1. The molecule has 0 spiro atoms. The fraction of sp³-hybridized carbons (Fsp3) is 0.417. The van der Waals surface area contributed by atoms with Crippen LogP contribution in [0, 0.1) is 0 Å². The summed E-state index contributed by atoms with van der Waals surface area (Å²) in [5.74, 6) is -0.351. The number of nitrogens with one attached hydrogen (secondary N) is 1. The van der Waals surface area contributed by atoms with Crippen molar-refractivity contribution in [1.29, 1.82) is 0 Å². The lowest BCUT2D eigenvalue weighted by Crippen LogP contribution is -2.50. The molecule has 1 N–H and O–H groups in total. The van der Waals surface area contributed by atoms with Crippen LogP contribution in [0.4, 0.5) is 5.69 Å². The van der Waals surface area contributed by atoms with Crippen LogP contribution in [0.2, 0.25) is 0 Å². The van der Waals surface area contributed by atoms with E-state index in [2.05, 4.69) is 10.2 Å². The van der Waals surface area contributed by atoms with E-state index in [1.54, 1.807) is 35.2 Å². The third-order valence-corrected chi connectivity index (χ3v) is 7.54. The van der Waals surface area contributed by atoms with Gasteiger partial charge in [-0.1, -0.05) is 30.3 Å². The highest BCUT2D eigenvalue weighted by Gasteiger charge is 2.29. The first-order chi connectivity index (χ1) is 15.8. The van der Waals surface area contributed by atoms with Crippen molar-refractivity contribution < 1.29 is 18.0 Å². The van der Waals surface area contributed by atoms with Crippen LogP contribution in [-0.4, -0.2) is 81.2 Å². The van der Waals surface area contributed by atoms with Gasteiger partial charge in [0.05, 0.1) is 4.90 Å². The third kappa shape index (κ3) is 7.12. The molecule has 8 nitrogen and oxygen atoms in total. The fourth-order valence-electron chi connectivity index (χ4n) is 3.63. The second kappa shape index (κ2) is 11.4. The Bertz CT molecular complexity index is 1030. The fourth-order valence-corrected chi connectivity index (χ4v) is 5.07. The molecule has 1 aliphatic heterocycles. The minimum Gasteiger partial charge on any atom is -0.340 e. The maximum absolute atomic E-state index is 12.7. The number of carbonyl (C=O) groups excluding carboxylic acids is 2.